The number of unbranched alkanes of at least 4 members (excludes halogenated alkanes) is 10. The Morgan fingerprint density at radius 2 is 1.28 bits per heavy atom. The molecule has 0 heterocycles. The zero-order valence-corrected chi connectivity index (χ0v) is 20.1. The van der Waals surface area contributed by atoms with Crippen LogP contribution in [0.25, 0.3) is 0 Å². The van der Waals surface area contributed by atoms with E-state index < -0.39 is 7.82 Å². The number of rotatable bonds is 20. The van der Waals surface area contributed by atoms with Gasteiger partial charge in [-0.15, -0.1) is 0 Å². The quantitative estimate of drug-likeness (QED) is 0.124. The van der Waals surface area contributed by atoms with Gasteiger partial charge in [0.05, 0.1) is 27.7 Å². The molecular weight excluding hydrogens is 393 g/mol. The Bertz CT molecular complexity index is 453. The number of likely N-dealkylation sites (N-methyl/N-ethyl adjacent to an activating group) is 1. The van der Waals surface area contributed by atoms with E-state index in [2.05, 4.69) is 6.92 Å². The predicted molar refractivity (Wildman–Crippen MR) is 117 cm³/mol. The van der Waals surface area contributed by atoms with E-state index in [-0.39, 0.29) is 25.8 Å². The molecule has 29 heavy (non-hydrogen) atoms. The summed E-state index contributed by atoms with van der Waals surface area (Å²) >= 11 is 0. The van der Waals surface area contributed by atoms with Crippen LogP contribution in [0.4, 0.5) is 0 Å². The molecule has 0 aliphatic rings. The van der Waals surface area contributed by atoms with Gasteiger partial charge in [-0.05, 0) is 6.42 Å². The lowest BCUT2D eigenvalue weighted by molar-refractivity contribution is -0.870. The molecule has 7 nitrogen and oxygen atoms in total. The molecule has 1 unspecified atom stereocenters. The molecule has 174 valence electrons. The van der Waals surface area contributed by atoms with Gasteiger partial charge in [0.15, 0.2) is 0 Å². The molecule has 1 N–H and O–H groups in total. The van der Waals surface area contributed by atoms with Crippen LogP contribution in [-0.4, -0.2) is 62.9 Å². The first kappa shape index (κ1) is 28.5. The summed E-state index contributed by atoms with van der Waals surface area (Å²) in [6.07, 6.45) is 13.9. The third-order valence-corrected chi connectivity index (χ3v) is 5.62. The zero-order valence-electron chi connectivity index (χ0n) is 19.2. The molecule has 0 radical (unpaired) electrons. The Morgan fingerprint density at radius 1 is 0.793 bits per heavy atom. The summed E-state index contributed by atoms with van der Waals surface area (Å²) in [7, 11) is 1.79. The van der Waals surface area contributed by atoms with Crippen LogP contribution in [0.1, 0.15) is 84.0 Å². The second kappa shape index (κ2) is 17.2. The first-order valence-corrected chi connectivity index (χ1v) is 12.7. The molecule has 0 spiro atoms. The first-order chi connectivity index (χ1) is 13.7. The summed E-state index contributed by atoms with van der Waals surface area (Å²) in [4.78, 5) is 21.2. The van der Waals surface area contributed by atoms with Crippen LogP contribution in [-0.2, 0) is 23.1 Å². The monoisotopic (exact) mass is 438 g/mol. The van der Waals surface area contributed by atoms with E-state index in [0.29, 0.717) is 17.4 Å². The number of nitrogens with zero attached hydrogens (tertiary/aromatic N) is 1. The Morgan fingerprint density at radius 3 is 1.79 bits per heavy atom. The van der Waals surface area contributed by atoms with Crippen LogP contribution in [0.2, 0.25) is 0 Å². The highest BCUT2D eigenvalue weighted by molar-refractivity contribution is 7.47. The molecule has 0 bridgehead atoms. The van der Waals surface area contributed by atoms with Crippen molar-refractivity contribution in [3.63, 3.8) is 0 Å². The summed E-state index contributed by atoms with van der Waals surface area (Å²) in [5.74, 6) is -0.289. The molecule has 0 aromatic rings. The number of phosphoric ester groups is 1. The number of carbonyl (C=O) groups excluding carboxylic acids is 1. The lowest BCUT2D eigenvalue weighted by Gasteiger charge is -2.23. The molecule has 0 aliphatic heterocycles. The SMILES string of the molecule is CCCCCCCCCCCCCC(=O)OCCOP(=O)(O)OCC[N+](C)(C)C. The van der Waals surface area contributed by atoms with Gasteiger partial charge in [-0.2, -0.15) is 0 Å². The molecule has 0 rings (SSSR count). The number of hydrogen-bond acceptors (Lipinski definition) is 5. The van der Waals surface area contributed by atoms with Crippen molar-refractivity contribution in [1.29, 1.82) is 0 Å². The third-order valence-electron chi connectivity index (χ3n) is 4.60. The van der Waals surface area contributed by atoms with Crippen LogP contribution in [0.15, 0.2) is 0 Å². The van der Waals surface area contributed by atoms with E-state index in [4.69, 9.17) is 13.8 Å². The highest BCUT2D eigenvalue weighted by Gasteiger charge is 2.22. The van der Waals surface area contributed by atoms with Gasteiger partial charge in [-0.25, -0.2) is 4.57 Å². The molecule has 8 heteroatoms. The van der Waals surface area contributed by atoms with Crippen molar-refractivity contribution < 1.29 is 32.5 Å². The van der Waals surface area contributed by atoms with E-state index in [1.54, 1.807) is 0 Å². The van der Waals surface area contributed by atoms with Gasteiger partial charge in [0.25, 0.3) is 0 Å². The van der Waals surface area contributed by atoms with Crippen molar-refractivity contribution in [2.24, 2.45) is 0 Å². The van der Waals surface area contributed by atoms with Crippen molar-refractivity contribution in [2.45, 2.75) is 84.0 Å². The van der Waals surface area contributed by atoms with Crippen LogP contribution in [0.3, 0.4) is 0 Å². The second-order valence-electron chi connectivity index (χ2n) is 8.65. The number of ether oxygens (including phenoxy) is 1. The van der Waals surface area contributed by atoms with E-state index in [0.717, 1.165) is 19.3 Å². The average Bonchev–Trinajstić information content (AvgIpc) is 2.62. The zero-order chi connectivity index (χ0) is 22.0. The topological polar surface area (TPSA) is 82.1 Å². The first-order valence-electron chi connectivity index (χ1n) is 11.2. The van der Waals surface area contributed by atoms with Crippen molar-refractivity contribution >= 4 is 13.8 Å². The Hall–Kier alpha value is -0.460. The Kier molecular flexibility index (Phi) is 17.0. The Labute approximate surface area is 178 Å². The van der Waals surface area contributed by atoms with Crippen LogP contribution >= 0.6 is 7.82 Å². The van der Waals surface area contributed by atoms with Gasteiger partial charge in [-0.3, -0.25) is 13.8 Å². The number of carbonyl (C=O) groups is 1. The minimum Gasteiger partial charge on any atom is -0.463 e. The molecular formula is C21H45NO6P+. The maximum atomic E-state index is 11.7. The van der Waals surface area contributed by atoms with Crippen LogP contribution < -0.4 is 0 Å². The molecule has 0 saturated heterocycles. The van der Waals surface area contributed by atoms with Gasteiger partial charge < -0.3 is 14.1 Å². The largest absolute Gasteiger partial charge is 0.472 e. The minimum absolute atomic E-state index is 0.0416. The fourth-order valence-electron chi connectivity index (χ4n) is 2.78. The van der Waals surface area contributed by atoms with Gasteiger partial charge in [0.2, 0.25) is 0 Å². The van der Waals surface area contributed by atoms with Crippen LogP contribution in [0, 0.1) is 0 Å². The van der Waals surface area contributed by atoms with Gasteiger partial charge >= 0.3 is 13.8 Å². The maximum Gasteiger partial charge on any atom is 0.472 e. The lowest BCUT2D eigenvalue weighted by Crippen LogP contribution is -2.37. The van der Waals surface area contributed by atoms with Gasteiger partial charge in [0, 0.05) is 6.42 Å². The van der Waals surface area contributed by atoms with Gasteiger partial charge in [-0.1, -0.05) is 71.1 Å². The molecule has 0 amide bonds. The molecule has 1 atom stereocenters. The van der Waals surface area contributed by atoms with Gasteiger partial charge in [0.1, 0.15) is 19.8 Å². The number of quaternary nitrogens is 1. The number of hydrogen-bond donors (Lipinski definition) is 1. The summed E-state index contributed by atoms with van der Waals surface area (Å²) in [6, 6.07) is 0. The van der Waals surface area contributed by atoms with Crippen molar-refractivity contribution in [3.8, 4) is 0 Å². The highest BCUT2D eigenvalue weighted by Crippen LogP contribution is 2.42. The average molecular weight is 439 g/mol. The summed E-state index contributed by atoms with van der Waals surface area (Å²) in [5.41, 5.74) is 0. The summed E-state index contributed by atoms with van der Waals surface area (Å²) in [6.45, 7) is 2.75. The number of phosphoric acid groups is 1. The molecule has 0 aromatic heterocycles. The Balaban J connectivity index is 3.48. The van der Waals surface area contributed by atoms with Crippen LogP contribution in [0.5, 0.6) is 0 Å². The standard InChI is InChI=1S/C21H44NO6P/c1-5-6-7-8-9-10-11-12-13-14-15-16-21(23)26-19-20-28-29(24,25)27-18-17-22(2,3)4/h5-20H2,1-4H3/p+1. The maximum absolute atomic E-state index is 11.7. The second-order valence-corrected chi connectivity index (χ2v) is 10.1. The summed E-state index contributed by atoms with van der Waals surface area (Å²) in [5, 5.41) is 0. The summed E-state index contributed by atoms with van der Waals surface area (Å²) < 4.78 is 27.0. The number of esters is 1. The van der Waals surface area contributed by atoms with E-state index in [9.17, 15) is 14.3 Å². The molecule has 0 aliphatic carbocycles. The fourth-order valence-corrected chi connectivity index (χ4v) is 3.47. The van der Waals surface area contributed by atoms with Crippen molar-refractivity contribution in [2.75, 3.05) is 47.5 Å². The smallest absolute Gasteiger partial charge is 0.463 e. The molecule has 0 fully saturated rings. The van der Waals surface area contributed by atoms with E-state index in [1.807, 2.05) is 21.1 Å². The van der Waals surface area contributed by atoms with E-state index in [1.165, 1.54) is 51.4 Å². The van der Waals surface area contributed by atoms with Crippen molar-refractivity contribution in [3.05, 3.63) is 0 Å². The highest BCUT2D eigenvalue weighted by atomic mass is 31.2. The third kappa shape index (κ3) is 22.1. The molecule has 0 saturated carbocycles. The minimum atomic E-state index is -4.09. The van der Waals surface area contributed by atoms with E-state index >= 15 is 0 Å². The molecule has 0 aromatic carbocycles. The van der Waals surface area contributed by atoms with Crippen molar-refractivity contribution in [1.82, 2.24) is 0 Å². The fraction of sp³-hybridized carbons (Fsp3) is 0.952. The normalized spacial score (nSPS) is 14.0. The lowest BCUT2D eigenvalue weighted by atomic mass is 10.1. The predicted octanol–water partition coefficient (Wildman–Crippen LogP) is 5.07.